The van der Waals surface area contributed by atoms with Gasteiger partial charge in [0.05, 0.1) is 0 Å². The predicted molar refractivity (Wildman–Crippen MR) is 115 cm³/mol. The average Bonchev–Trinajstić information content (AvgIpc) is 2.65. The highest BCUT2D eigenvalue weighted by Crippen LogP contribution is 2.16. The summed E-state index contributed by atoms with van der Waals surface area (Å²) in [4.78, 5) is 28.3. The van der Waals surface area contributed by atoms with Crippen LogP contribution in [0.3, 0.4) is 0 Å². The van der Waals surface area contributed by atoms with Gasteiger partial charge in [-0.3, -0.25) is 9.59 Å². The van der Waals surface area contributed by atoms with Crippen LogP contribution in [0.4, 0.5) is 5.69 Å². The number of para-hydroxylation sites is 1. The summed E-state index contributed by atoms with van der Waals surface area (Å²) in [5.41, 5.74) is 6.92. The number of benzene rings is 1. The topological polar surface area (TPSA) is 78.7 Å². The molecular formula is C19H32Cl2N4O2. The van der Waals surface area contributed by atoms with Gasteiger partial charge in [0.2, 0.25) is 11.8 Å². The van der Waals surface area contributed by atoms with Crippen LogP contribution in [0.2, 0.25) is 0 Å². The summed E-state index contributed by atoms with van der Waals surface area (Å²) in [6.07, 6.45) is 1.13. The van der Waals surface area contributed by atoms with Crippen LogP contribution >= 0.6 is 24.8 Å². The molecule has 27 heavy (non-hydrogen) atoms. The molecule has 2 atom stereocenters. The number of anilines is 1. The number of amides is 2. The molecule has 1 aromatic rings. The van der Waals surface area contributed by atoms with E-state index in [1.807, 2.05) is 36.9 Å². The van der Waals surface area contributed by atoms with Crippen LogP contribution in [0.15, 0.2) is 30.3 Å². The molecule has 1 aliphatic heterocycles. The van der Waals surface area contributed by atoms with E-state index in [-0.39, 0.29) is 48.6 Å². The lowest BCUT2D eigenvalue weighted by atomic mass is 10.0. The van der Waals surface area contributed by atoms with E-state index in [0.717, 1.165) is 26.2 Å². The quantitative estimate of drug-likeness (QED) is 0.664. The van der Waals surface area contributed by atoms with Crippen molar-refractivity contribution >= 4 is 42.3 Å². The third kappa shape index (κ3) is 7.95. The Bertz CT molecular complexity index is 564. The number of nitrogens with two attached hydrogens (primary N) is 1. The molecule has 0 aliphatic carbocycles. The van der Waals surface area contributed by atoms with Crippen LogP contribution in [0, 0.1) is 5.92 Å². The van der Waals surface area contributed by atoms with Crippen LogP contribution in [0.5, 0.6) is 0 Å². The number of rotatable bonds is 7. The minimum Gasteiger partial charge on any atom is -0.368 e. The van der Waals surface area contributed by atoms with Crippen LogP contribution < -0.4 is 16.0 Å². The van der Waals surface area contributed by atoms with Crippen molar-refractivity contribution in [3.63, 3.8) is 0 Å². The minimum absolute atomic E-state index is 0. The Labute approximate surface area is 174 Å². The zero-order valence-electron chi connectivity index (χ0n) is 16.1. The molecule has 0 radical (unpaired) electrons. The van der Waals surface area contributed by atoms with E-state index in [1.165, 1.54) is 5.69 Å². The van der Waals surface area contributed by atoms with Gasteiger partial charge < -0.3 is 20.9 Å². The number of hydrogen-bond donors (Lipinski definition) is 2. The number of piperazine rings is 1. The Balaban J connectivity index is 0.00000338. The van der Waals surface area contributed by atoms with Gasteiger partial charge in [-0.1, -0.05) is 25.1 Å². The van der Waals surface area contributed by atoms with Crippen LogP contribution in [0.1, 0.15) is 26.7 Å². The molecule has 0 aromatic heterocycles. The number of nitrogens with zero attached hydrogens (tertiary/aromatic N) is 2. The van der Waals surface area contributed by atoms with Crippen LogP contribution in [0.25, 0.3) is 0 Å². The summed E-state index contributed by atoms with van der Waals surface area (Å²) in [5, 5.41) is 2.85. The Morgan fingerprint density at radius 3 is 2.22 bits per heavy atom. The highest BCUT2D eigenvalue weighted by molar-refractivity contribution is 5.85. The summed E-state index contributed by atoms with van der Waals surface area (Å²) < 4.78 is 0. The minimum atomic E-state index is -0.207. The maximum Gasteiger partial charge on any atom is 0.224 e. The Morgan fingerprint density at radius 1 is 1.07 bits per heavy atom. The third-order valence-electron chi connectivity index (χ3n) is 4.82. The molecule has 1 heterocycles. The van der Waals surface area contributed by atoms with Gasteiger partial charge in [0.1, 0.15) is 0 Å². The molecule has 1 aliphatic rings. The molecule has 1 fully saturated rings. The van der Waals surface area contributed by atoms with Gasteiger partial charge >= 0.3 is 0 Å². The number of carbonyl (C=O) groups is 2. The predicted octanol–water partition coefficient (Wildman–Crippen LogP) is 2.06. The largest absolute Gasteiger partial charge is 0.368 e. The zero-order valence-corrected chi connectivity index (χ0v) is 17.7. The molecule has 8 heteroatoms. The average molecular weight is 419 g/mol. The third-order valence-corrected chi connectivity index (χ3v) is 4.82. The van der Waals surface area contributed by atoms with E-state index >= 15 is 0 Å². The molecule has 154 valence electrons. The van der Waals surface area contributed by atoms with Gasteiger partial charge in [0.15, 0.2) is 0 Å². The maximum atomic E-state index is 12.3. The first-order valence-corrected chi connectivity index (χ1v) is 9.10. The number of halogens is 2. The standard InChI is InChI=1S/C19H30N4O2.2ClH/c1-15(16(2)20)19(25)21-10-6-9-18(24)23-13-11-22(12-14-23)17-7-4-3-5-8-17;;/h3-5,7-8,15-16H,6,9-14,20H2,1-2H3,(H,21,25);2*1H. The first-order valence-electron chi connectivity index (χ1n) is 9.10. The van der Waals surface area contributed by atoms with E-state index in [2.05, 4.69) is 22.3 Å². The van der Waals surface area contributed by atoms with Gasteiger partial charge in [-0.15, -0.1) is 24.8 Å². The van der Waals surface area contributed by atoms with Crippen LogP contribution in [-0.4, -0.2) is 55.5 Å². The normalized spacial score (nSPS) is 15.8. The fourth-order valence-electron chi connectivity index (χ4n) is 2.86. The molecule has 2 amide bonds. The molecule has 3 N–H and O–H groups in total. The highest BCUT2D eigenvalue weighted by Gasteiger charge is 2.21. The molecule has 2 unspecified atom stereocenters. The van der Waals surface area contributed by atoms with E-state index in [9.17, 15) is 9.59 Å². The second kappa shape index (κ2) is 12.8. The monoisotopic (exact) mass is 418 g/mol. The summed E-state index contributed by atoms with van der Waals surface area (Å²) in [5.74, 6) is -0.0807. The van der Waals surface area contributed by atoms with Gasteiger partial charge in [-0.05, 0) is 25.5 Å². The zero-order chi connectivity index (χ0) is 18.2. The van der Waals surface area contributed by atoms with Crippen LogP contribution in [-0.2, 0) is 9.59 Å². The second-order valence-corrected chi connectivity index (χ2v) is 6.75. The first kappa shape index (κ1) is 25.5. The molecule has 1 aromatic carbocycles. The lowest BCUT2D eigenvalue weighted by molar-refractivity contribution is -0.132. The van der Waals surface area contributed by atoms with Gasteiger partial charge in [-0.2, -0.15) is 0 Å². The fraction of sp³-hybridized carbons (Fsp3) is 0.579. The fourth-order valence-corrected chi connectivity index (χ4v) is 2.86. The van der Waals surface area contributed by atoms with Gasteiger partial charge in [0, 0.05) is 56.8 Å². The van der Waals surface area contributed by atoms with E-state index < -0.39 is 0 Å². The van der Waals surface area contributed by atoms with Crippen molar-refractivity contribution in [2.24, 2.45) is 11.7 Å². The van der Waals surface area contributed by atoms with E-state index in [4.69, 9.17) is 5.73 Å². The summed E-state index contributed by atoms with van der Waals surface area (Å²) in [6, 6.07) is 10.1. The molecule has 0 saturated carbocycles. The Morgan fingerprint density at radius 2 is 1.67 bits per heavy atom. The smallest absolute Gasteiger partial charge is 0.224 e. The summed E-state index contributed by atoms with van der Waals surface area (Å²) >= 11 is 0. The van der Waals surface area contributed by atoms with E-state index in [1.54, 1.807) is 0 Å². The molecule has 0 bridgehead atoms. The summed E-state index contributed by atoms with van der Waals surface area (Å²) in [6.45, 7) is 7.38. The Kier molecular flexibility index (Phi) is 12.1. The van der Waals surface area contributed by atoms with Gasteiger partial charge in [-0.25, -0.2) is 0 Å². The lowest BCUT2D eigenvalue weighted by Gasteiger charge is -2.36. The van der Waals surface area contributed by atoms with Gasteiger partial charge in [0.25, 0.3) is 0 Å². The lowest BCUT2D eigenvalue weighted by Crippen LogP contribution is -2.48. The summed E-state index contributed by atoms with van der Waals surface area (Å²) in [7, 11) is 0. The number of carbonyl (C=O) groups excluding carboxylic acids is 2. The van der Waals surface area contributed by atoms with Crippen molar-refractivity contribution in [1.82, 2.24) is 10.2 Å². The molecule has 0 spiro atoms. The number of nitrogens with one attached hydrogen (secondary N) is 1. The van der Waals surface area contributed by atoms with Crippen molar-refractivity contribution in [1.29, 1.82) is 0 Å². The second-order valence-electron chi connectivity index (χ2n) is 6.75. The molecule has 6 nitrogen and oxygen atoms in total. The first-order chi connectivity index (χ1) is 12.0. The van der Waals surface area contributed by atoms with Crippen molar-refractivity contribution in [3.05, 3.63) is 30.3 Å². The highest BCUT2D eigenvalue weighted by atomic mass is 35.5. The van der Waals surface area contributed by atoms with Crippen molar-refractivity contribution in [2.45, 2.75) is 32.7 Å². The molecule has 1 saturated heterocycles. The Hall–Kier alpha value is -1.50. The SMILES string of the molecule is CC(N)C(C)C(=O)NCCCC(=O)N1CCN(c2ccccc2)CC1.Cl.Cl. The van der Waals surface area contributed by atoms with Crippen molar-refractivity contribution in [2.75, 3.05) is 37.6 Å². The van der Waals surface area contributed by atoms with E-state index in [0.29, 0.717) is 19.4 Å². The molecular weight excluding hydrogens is 387 g/mol. The number of hydrogen-bond acceptors (Lipinski definition) is 4. The maximum absolute atomic E-state index is 12.3. The van der Waals surface area contributed by atoms with Crippen molar-refractivity contribution in [3.8, 4) is 0 Å². The van der Waals surface area contributed by atoms with Crippen molar-refractivity contribution < 1.29 is 9.59 Å². The molecule has 2 rings (SSSR count).